The molecule has 0 bridgehead atoms. The van der Waals surface area contributed by atoms with Gasteiger partial charge in [-0.05, 0) is 29.7 Å². The summed E-state index contributed by atoms with van der Waals surface area (Å²) >= 11 is 0. The lowest BCUT2D eigenvalue weighted by Crippen LogP contribution is -2.29. The lowest BCUT2D eigenvalue weighted by atomic mass is 9.99. The first-order valence-corrected chi connectivity index (χ1v) is 6.80. The van der Waals surface area contributed by atoms with Crippen LogP contribution in [0.5, 0.6) is 0 Å². The molecule has 0 spiro atoms. The van der Waals surface area contributed by atoms with E-state index in [1.54, 1.807) is 6.92 Å². The number of hydrogen-bond acceptors (Lipinski definition) is 1. The van der Waals surface area contributed by atoms with Gasteiger partial charge in [0, 0.05) is 6.92 Å². The van der Waals surface area contributed by atoms with Crippen LogP contribution in [0.3, 0.4) is 0 Å². The highest BCUT2D eigenvalue weighted by Crippen LogP contribution is 2.29. The minimum Gasteiger partial charge on any atom is -0.308 e. The van der Waals surface area contributed by atoms with Crippen molar-refractivity contribution in [2.75, 3.05) is 4.90 Å². The highest BCUT2D eigenvalue weighted by Gasteiger charge is 2.17. The summed E-state index contributed by atoms with van der Waals surface area (Å²) in [5, 5.41) is 0. The maximum atomic E-state index is 12.0. The average Bonchev–Trinajstić information content (AvgIpc) is 2.42. The van der Waals surface area contributed by atoms with Gasteiger partial charge in [0.05, 0.1) is 12.2 Å². The third-order valence-corrected chi connectivity index (χ3v) is 3.68. The molecule has 1 heterocycles. The summed E-state index contributed by atoms with van der Waals surface area (Å²) in [5.41, 5.74) is 5.65. The fraction of sp³-hybridized carbons (Fsp3) is 0.167. The van der Waals surface area contributed by atoms with E-state index in [9.17, 15) is 4.79 Å². The maximum absolute atomic E-state index is 12.0. The molecule has 1 aliphatic rings. The van der Waals surface area contributed by atoms with Gasteiger partial charge in [-0.25, -0.2) is 0 Å². The van der Waals surface area contributed by atoms with Crippen molar-refractivity contribution in [2.24, 2.45) is 0 Å². The van der Waals surface area contributed by atoms with Crippen LogP contribution in [0.15, 0.2) is 42.5 Å². The van der Waals surface area contributed by atoms with Crippen molar-refractivity contribution >= 4 is 23.7 Å². The Morgan fingerprint density at radius 2 is 1.80 bits per heavy atom. The van der Waals surface area contributed by atoms with Crippen molar-refractivity contribution in [1.29, 1.82) is 0 Å². The number of amides is 1. The minimum absolute atomic E-state index is 0.0688. The Balaban J connectivity index is 2.19. The first kappa shape index (κ1) is 12.7. The highest BCUT2D eigenvalue weighted by atomic mass is 16.2. The van der Waals surface area contributed by atoms with E-state index >= 15 is 0 Å². The van der Waals surface area contributed by atoms with Gasteiger partial charge >= 0.3 is 0 Å². The molecule has 0 radical (unpaired) electrons. The van der Waals surface area contributed by atoms with E-state index in [4.69, 9.17) is 0 Å². The fourth-order valence-corrected chi connectivity index (χ4v) is 2.60. The van der Waals surface area contributed by atoms with Crippen LogP contribution in [0, 0.1) is 6.92 Å². The van der Waals surface area contributed by atoms with Gasteiger partial charge in [0.25, 0.3) is 0 Å². The number of hydrogen-bond donors (Lipinski definition) is 0. The van der Waals surface area contributed by atoms with Gasteiger partial charge < -0.3 is 4.90 Å². The van der Waals surface area contributed by atoms with Crippen molar-refractivity contribution in [2.45, 2.75) is 20.4 Å². The van der Waals surface area contributed by atoms with Gasteiger partial charge in [-0.2, -0.15) is 0 Å². The molecule has 0 aromatic heterocycles. The Bertz CT molecular complexity index is 700. The van der Waals surface area contributed by atoms with Crippen LogP contribution in [0.2, 0.25) is 0 Å². The largest absolute Gasteiger partial charge is 0.308 e. The molecule has 2 heteroatoms. The average molecular weight is 263 g/mol. The summed E-state index contributed by atoms with van der Waals surface area (Å²) in [7, 11) is 0. The van der Waals surface area contributed by atoms with E-state index in [-0.39, 0.29) is 5.91 Å². The van der Waals surface area contributed by atoms with E-state index in [0.717, 1.165) is 11.3 Å². The van der Waals surface area contributed by atoms with Crippen LogP contribution >= 0.6 is 0 Å². The van der Waals surface area contributed by atoms with Crippen molar-refractivity contribution in [3.05, 3.63) is 64.7 Å². The van der Waals surface area contributed by atoms with E-state index in [0.29, 0.717) is 6.54 Å². The molecule has 0 saturated carbocycles. The molecule has 0 unspecified atom stereocenters. The first-order valence-electron chi connectivity index (χ1n) is 6.80. The zero-order valence-corrected chi connectivity index (χ0v) is 11.8. The lowest BCUT2D eigenvalue weighted by molar-refractivity contribution is -0.116. The molecule has 1 amide bonds. The third kappa shape index (κ3) is 2.25. The molecular formula is C18H17NO. The lowest BCUT2D eigenvalue weighted by Gasteiger charge is -2.26. The Morgan fingerprint density at radius 1 is 1.05 bits per heavy atom. The smallest absolute Gasteiger partial charge is 0.224 e. The summed E-state index contributed by atoms with van der Waals surface area (Å²) in [5.74, 6) is 0.0688. The number of aryl methyl sites for hydroxylation is 1. The van der Waals surface area contributed by atoms with Crippen LogP contribution in [-0.4, -0.2) is 5.91 Å². The second-order valence-electron chi connectivity index (χ2n) is 5.20. The SMILES string of the molecule is CC(=O)N1Cc2ccc(C)cc2/C=C\c2ccccc21. The third-order valence-electron chi connectivity index (χ3n) is 3.68. The monoisotopic (exact) mass is 263 g/mol. The molecule has 0 saturated heterocycles. The van der Waals surface area contributed by atoms with E-state index in [2.05, 4.69) is 37.3 Å². The van der Waals surface area contributed by atoms with Crippen LogP contribution in [0.1, 0.15) is 29.2 Å². The van der Waals surface area contributed by atoms with Gasteiger partial charge in [0.15, 0.2) is 0 Å². The number of anilines is 1. The zero-order chi connectivity index (χ0) is 14.1. The van der Waals surface area contributed by atoms with Crippen molar-refractivity contribution in [3.8, 4) is 0 Å². The number of carbonyl (C=O) groups is 1. The summed E-state index contributed by atoms with van der Waals surface area (Å²) in [4.78, 5) is 13.8. The number of para-hydroxylation sites is 1. The van der Waals surface area contributed by atoms with Crippen molar-refractivity contribution in [3.63, 3.8) is 0 Å². The van der Waals surface area contributed by atoms with Crippen LogP contribution in [0.4, 0.5) is 5.69 Å². The van der Waals surface area contributed by atoms with Gasteiger partial charge in [-0.3, -0.25) is 4.79 Å². The zero-order valence-electron chi connectivity index (χ0n) is 11.8. The van der Waals surface area contributed by atoms with E-state index in [1.807, 2.05) is 29.2 Å². The van der Waals surface area contributed by atoms with Gasteiger partial charge in [0.1, 0.15) is 0 Å². The molecule has 1 aliphatic heterocycles. The summed E-state index contributed by atoms with van der Waals surface area (Å²) in [6.45, 7) is 4.33. The number of carbonyl (C=O) groups excluding carboxylic acids is 1. The molecule has 2 nitrogen and oxygen atoms in total. The molecule has 0 fully saturated rings. The topological polar surface area (TPSA) is 20.3 Å². The highest BCUT2D eigenvalue weighted by molar-refractivity contribution is 5.95. The number of rotatable bonds is 0. The van der Waals surface area contributed by atoms with Crippen molar-refractivity contribution in [1.82, 2.24) is 0 Å². The molecule has 2 aromatic rings. The van der Waals surface area contributed by atoms with Crippen LogP contribution in [0.25, 0.3) is 12.2 Å². The van der Waals surface area contributed by atoms with E-state index in [1.165, 1.54) is 16.7 Å². The molecule has 0 atom stereocenters. The number of nitrogens with zero attached hydrogens (tertiary/aromatic N) is 1. The standard InChI is InChI=1S/C18H17NO/c1-13-7-8-17-12-19(14(2)20)18-6-4-3-5-15(18)9-10-16(17)11-13/h3-11H,12H2,1-2H3/b10-9-. The molecule has 100 valence electrons. The van der Waals surface area contributed by atoms with Crippen LogP contribution < -0.4 is 4.90 Å². The van der Waals surface area contributed by atoms with Crippen LogP contribution in [-0.2, 0) is 11.3 Å². The minimum atomic E-state index is 0.0688. The second-order valence-corrected chi connectivity index (χ2v) is 5.20. The fourth-order valence-electron chi connectivity index (χ4n) is 2.60. The quantitative estimate of drug-likeness (QED) is 0.702. The van der Waals surface area contributed by atoms with Gasteiger partial charge in [-0.15, -0.1) is 0 Å². The first-order chi connectivity index (χ1) is 9.65. The molecule has 0 aliphatic carbocycles. The van der Waals surface area contributed by atoms with Gasteiger partial charge in [0.2, 0.25) is 5.91 Å². The Hall–Kier alpha value is -2.35. The summed E-state index contributed by atoms with van der Waals surface area (Å²) in [6, 6.07) is 14.4. The molecule has 3 rings (SSSR count). The Morgan fingerprint density at radius 3 is 2.60 bits per heavy atom. The van der Waals surface area contributed by atoms with Crippen molar-refractivity contribution < 1.29 is 4.79 Å². The normalized spacial score (nSPS) is 14.8. The maximum Gasteiger partial charge on any atom is 0.224 e. The van der Waals surface area contributed by atoms with Gasteiger partial charge in [-0.1, -0.05) is 54.1 Å². The predicted molar refractivity (Wildman–Crippen MR) is 83.4 cm³/mol. The predicted octanol–water partition coefficient (Wildman–Crippen LogP) is 4.03. The van der Waals surface area contributed by atoms with E-state index < -0.39 is 0 Å². The number of fused-ring (bicyclic) bond motifs is 2. The Labute approximate surface area is 119 Å². The Kier molecular flexibility index (Phi) is 3.15. The number of benzene rings is 2. The molecule has 20 heavy (non-hydrogen) atoms. The molecular weight excluding hydrogens is 246 g/mol. The molecule has 2 aromatic carbocycles. The summed E-state index contributed by atoms with van der Waals surface area (Å²) in [6.07, 6.45) is 4.22. The molecule has 0 N–H and O–H groups in total. The second kappa shape index (κ2) is 4.97. The summed E-state index contributed by atoms with van der Waals surface area (Å²) < 4.78 is 0.